The second-order valence-corrected chi connectivity index (χ2v) is 4.51. The van der Waals surface area contributed by atoms with Gasteiger partial charge in [-0.2, -0.15) is 0 Å². The van der Waals surface area contributed by atoms with Gasteiger partial charge in [-0.05, 0) is 33.1 Å². The number of nitrogens with zero attached hydrogens (tertiary/aromatic N) is 3. The molecule has 0 aromatic carbocycles. The average Bonchev–Trinajstić information content (AvgIpc) is 2.28. The second-order valence-electron chi connectivity index (χ2n) is 4.51. The summed E-state index contributed by atoms with van der Waals surface area (Å²) in [6.07, 6.45) is 2.37. The van der Waals surface area contributed by atoms with Crippen LogP contribution >= 0.6 is 0 Å². The number of rotatable bonds is 6. The number of nitrogen functional groups attached to an aromatic ring is 1. The topological polar surface area (TPSA) is 82.7 Å². The van der Waals surface area contributed by atoms with E-state index < -0.39 is 5.97 Å². The van der Waals surface area contributed by atoms with Gasteiger partial charge < -0.3 is 20.6 Å². The molecule has 1 aromatic heterocycles. The Hall–Kier alpha value is -1.82. The Balaban J connectivity index is 2.71. The minimum Gasteiger partial charge on any atom is -0.478 e. The third-order valence-electron chi connectivity index (χ3n) is 2.64. The molecule has 0 radical (unpaired) electrons. The van der Waals surface area contributed by atoms with E-state index in [1.54, 1.807) is 0 Å². The summed E-state index contributed by atoms with van der Waals surface area (Å²) < 4.78 is 0. The van der Waals surface area contributed by atoms with E-state index in [-0.39, 0.29) is 11.3 Å². The Morgan fingerprint density at radius 2 is 2.06 bits per heavy atom. The first-order valence-electron chi connectivity index (χ1n) is 5.76. The van der Waals surface area contributed by atoms with Crippen molar-refractivity contribution >= 4 is 17.5 Å². The number of carboxylic acids is 1. The molecular weight excluding hydrogens is 232 g/mol. The summed E-state index contributed by atoms with van der Waals surface area (Å²) in [5.41, 5.74) is 5.85. The summed E-state index contributed by atoms with van der Waals surface area (Å²) in [6.45, 7) is 1.79. The van der Waals surface area contributed by atoms with Crippen molar-refractivity contribution in [1.29, 1.82) is 0 Å². The molecule has 1 heterocycles. The lowest BCUT2D eigenvalue weighted by Crippen LogP contribution is -2.24. The van der Waals surface area contributed by atoms with E-state index in [0.717, 1.165) is 19.5 Å². The molecule has 1 rings (SSSR count). The van der Waals surface area contributed by atoms with Gasteiger partial charge in [0.1, 0.15) is 5.82 Å². The lowest BCUT2D eigenvalue weighted by Gasteiger charge is -2.20. The molecule has 0 aliphatic rings. The third kappa shape index (κ3) is 3.89. The summed E-state index contributed by atoms with van der Waals surface area (Å²) in [6, 6.07) is 1.51. The summed E-state index contributed by atoms with van der Waals surface area (Å²) in [5.74, 6) is -0.404. The Labute approximate surface area is 107 Å². The first-order valence-corrected chi connectivity index (χ1v) is 5.76. The van der Waals surface area contributed by atoms with Gasteiger partial charge in [0.25, 0.3) is 0 Å². The number of pyridine rings is 1. The average molecular weight is 252 g/mol. The van der Waals surface area contributed by atoms with Crippen molar-refractivity contribution < 1.29 is 9.90 Å². The number of anilines is 2. The van der Waals surface area contributed by atoms with Gasteiger partial charge in [0.15, 0.2) is 0 Å². The van der Waals surface area contributed by atoms with Crippen molar-refractivity contribution in [3.8, 4) is 0 Å². The first-order chi connectivity index (χ1) is 8.41. The maximum atomic E-state index is 11.0. The second kappa shape index (κ2) is 6.20. The number of aromatic nitrogens is 1. The molecule has 0 saturated carbocycles. The van der Waals surface area contributed by atoms with Crippen LogP contribution in [-0.4, -0.2) is 55.2 Å². The van der Waals surface area contributed by atoms with E-state index in [0.29, 0.717) is 5.82 Å². The van der Waals surface area contributed by atoms with Gasteiger partial charge in [0.2, 0.25) is 0 Å². The highest BCUT2D eigenvalue weighted by Crippen LogP contribution is 2.17. The van der Waals surface area contributed by atoms with Crippen LogP contribution in [0.5, 0.6) is 0 Å². The maximum absolute atomic E-state index is 11.0. The largest absolute Gasteiger partial charge is 0.478 e. The van der Waals surface area contributed by atoms with E-state index in [1.165, 1.54) is 12.3 Å². The normalized spacial score (nSPS) is 10.7. The molecule has 18 heavy (non-hydrogen) atoms. The smallest absolute Gasteiger partial charge is 0.337 e. The zero-order valence-corrected chi connectivity index (χ0v) is 11.1. The van der Waals surface area contributed by atoms with E-state index in [2.05, 4.69) is 9.88 Å². The van der Waals surface area contributed by atoms with Gasteiger partial charge in [-0.1, -0.05) is 0 Å². The summed E-state index contributed by atoms with van der Waals surface area (Å²) in [7, 11) is 5.92. The van der Waals surface area contributed by atoms with Gasteiger partial charge in [-0.25, -0.2) is 9.78 Å². The summed E-state index contributed by atoms with van der Waals surface area (Å²) in [5, 5.41) is 8.99. The predicted molar refractivity (Wildman–Crippen MR) is 72.0 cm³/mol. The van der Waals surface area contributed by atoms with Crippen molar-refractivity contribution in [2.75, 3.05) is 44.9 Å². The first kappa shape index (κ1) is 14.2. The Bertz CT molecular complexity index is 421. The number of carboxylic acid groups (broad SMARTS) is 1. The van der Waals surface area contributed by atoms with Gasteiger partial charge in [-0.3, -0.25) is 0 Å². The molecule has 0 aliphatic heterocycles. The highest BCUT2D eigenvalue weighted by molar-refractivity contribution is 5.94. The van der Waals surface area contributed by atoms with E-state index in [9.17, 15) is 4.79 Å². The molecule has 0 saturated heterocycles. The minimum absolute atomic E-state index is 0.0967. The molecule has 0 spiro atoms. The van der Waals surface area contributed by atoms with Crippen molar-refractivity contribution in [3.05, 3.63) is 17.8 Å². The van der Waals surface area contributed by atoms with E-state index in [4.69, 9.17) is 10.8 Å². The Morgan fingerprint density at radius 3 is 2.61 bits per heavy atom. The quantitative estimate of drug-likeness (QED) is 0.777. The van der Waals surface area contributed by atoms with Gasteiger partial charge >= 0.3 is 5.97 Å². The minimum atomic E-state index is -1.03. The molecule has 0 fully saturated rings. The maximum Gasteiger partial charge on any atom is 0.337 e. The monoisotopic (exact) mass is 252 g/mol. The standard InChI is InChI=1S/C12H20N4O2/c1-15(2)5-4-6-16(3)11-7-9(12(17)18)10(13)8-14-11/h7-8H,4-6,13H2,1-3H3,(H,17,18). The fourth-order valence-electron chi connectivity index (χ4n) is 1.59. The fraction of sp³-hybridized carbons (Fsp3) is 0.500. The van der Waals surface area contributed by atoms with Crippen LogP contribution in [0, 0.1) is 0 Å². The predicted octanol–water partition coefficient (Wildman–Crippen LogP) is 0.750. The van der Waals surface area contributed by atoms with Crippen molar-refractivity contribution in [2.45, 2.75) is 6.42 Å². The van der Waals surface area contributed by atoms with Crippen LogP contribution in [0.1, 0.15) is 16.8 Å². The van der Waals surface area contributed by atoms with E-state index in [1.807, 2.05) is 26.0 Å². The molecule has 0 amide bonds. The molecule has 6 heteroatoms. The Morgan fingerprint density at radius 1 is 1.39 bits per heavy atom. The third-order valence-corrected chi connectivity index (χ3v) is 2.64. The number of hydrogen-bond donors (Lipinski definition) is 2. The van der Waals surface area contributed by atoms with Crippen LogP contribution in [0.3, 0.4) is 0 Å². The number of nitrogens with two attached hydrogens (primary N) is 1. The van der Waals surface area contributed by atoms with E-state index >= 15 is 0 Å². The van der Waals surface area contributed by atoms with Gasteiger partial charge in [-0.15, -0.1) is 0 Å². The lowest BCUT2D eigenvalue weighted by molar-refractivity contribution is 0.0698. The summed E-state index contributed by atoms with van der Waals surface area (Å²) >= 11 is 0. The molecular formula is C12H20N4O2. The highest BCUT2D eigenvalue weighted by atomic mass is 16.4. The van der Waals surface area contributed by atoms with Crippen molar-refractivity contribution in [1.82, 2.24) is 9.88 Å². The molecule has 3 N–H and O–H groups in total. The van der Waals surface area contributed by atoms with Gasteiger partial charge in [0.05, 0.1) is 17.4 Å². The van der Waals surface area contributed by atoms with Crippen LogP contribution in [0.25, 0.3) is 0 Å². The number of carbonyl (C=O) groups is 1. The van der Waals surface area contributed by atoms with Crippen LogP contribution < -0.4 is 10.6 Å². The van der Waals surface area contributed by atoms with Crippen molar-refractivity contribution in [2.24, 2.45) is 0 Å². The molecule has 100 valence electrons. The molecule has 0 aliphatic carbocycles. The molecule has 0 atom stereocenters. The van der Waals surface area contributed by atoms with Crippen LogP contribution in [0.15, 0.2) is 12.3 Å². The SMILES string of the molecule is CN(C)CCCN(C)c1cc(C(=O)O)c(N)cn1. The highest BCUT2D eigenvalue weighted by Gasteiger charge is 2.11. The zero-order chi connectivity index (χ0) is 13.7. The van der Waals surface area contributed by atoms with Crippen LogP contribution in [0.2, 0.25) is 0 Å². The summed E-state index contributed by atoms with van der Waals surface area (Å²) in [4.78, 5) is 19.1. The molecule has 0 unspecified atom stereocenters. The fourth-order valence-corrected chi connectivity index (χ4v) is 1.59. The van der Waals surface area contributed by atoms with Crippen LogP contribution in [0.4, 0.5) is 11.5 Å². The van der Waals surface area contributed by atoms with Crippen LogP contribution in [-0.2, 0) is 0 Å². The molecule has 1 aromatic rings. The number of hydrogen-bond acceptors (Lipinski definition) is 5. The Kier molecular flexibility index (Phi) is 4.91. The van der Waals surface area contributed by atoms with Gasteiger partial charge in [0, 0.05) is 13.6 Å². The lowest BCUT2D eigenvalue weighted by atomic mass is 10.2. The van der Waals surface area contributed by atoms with Crippen molar-refractivity contribution in [3.63, 3.8) is 0 Å². The zero-order valence-electron chi connectivity index (χ0n) is 11.1. The number of aromatic carboxylic acids is 1. The molecule has 0 bridgehead atoms. The molecule has 6 nitrogen and oxygen atoms in total.